The molecule has 2 aromatic rings. The van der Waals surface area contributed by atoms with Gasteiger partial charge >= 0.3 is 0 Å². The van der Waals surface area contributed by atoms with Gasteiger partial charge in [0.25, 0.3) is 0 Å². The molecule has 59 valence electrons. The van der Waals surface area contributed by atoms with Gasteiger partial charge in [0.15, 0.2) is 0 Å². The highest BCUT2D eigenvalue weighted by atomic mass is 79.9. The Hall–Kier alpha value is -1.09. The number of aromatic nitrogens is 2. The Morgan fingerprint density at radius 1 is 1.50 bits per heavy atom. The average Bonchev–Trinajstić information content (AvgIpc) is 2.57. The van der Waals surface area contributed by atoms with E-state index in [4.69, 9.17) is 0 Å². The Kier molecular flexibility index (Phi) is 1.96. The summed E-state index contributed by atoms with van der Waals surface area (Å²) in [7, 11) is 0. The minimum absolute atomic E-state index is 1.00. The van der Waals surface area contributed by atoms with Gasteiger partial charge in [0.2, 0.25) is 0 Å². The van der Waals surface area contributed by atoms with Gasteiger partial charge in [-0.3, -0.25) is 0 Å². The van der Waals surface area contributed by atoms with Crippen LogP contribution in [0.5, 0.6) is 0 Å². The van der Waals surface area contributed by atoms with Gasteiger partial charge in [-0.15, -0.1) is 0 Å². The molecule has 0 aliphatic carbocycles. The van der Waals surface area contributed by atoms with Crippen LogP contribution in [0.15, 0.2) is 41.1 Å². The molecule has 0 saturated heterocycles. The van der Waals surface area contributed by atoms with Crippen LogP contribution in [0.1, 0.15) is 0 Å². The second-order valence-corrected chi connectivity index (χ2v) is 3.18. The Labute approximate surface area is 79.0 Å². The normalized spacial score (nSPS) is 10.1. The van der Waals surface area contributed by atoms with E-state index in [-0.39, 0.29) is 0 Å². The van der Waals surface area contributed by atoms with Crippen LogP contribution in [-0.4, -0.2) is 9.78 Å². The lowest BCUT2D eigenvalue weighted by molar-refractivity contribution is 0.876. The first-order valence-electron chi connectivity index (χ1n) is 3.53. The molecule has 12 heavy (non-hydrogen) atoms. The van der Waals surface area contributed by atoms with Gasteiger partial charge in [0.1, 0.15) is 0 Å². The van der Waals surface area contributed by atoms with Crippen LogP contribution >= 0.6 is 15.9 Å². The molecule has 3 heteroatoms. The third kappa shape index (κ3) is 1.28. The number of benzene rings is 1. The molecule has 2 rings (SSSR count). The Bertz CT molecular complexity index is 368. The van der Waals surface area contributed by atoms with Crippen molar-refractivity contribution >= 4 is 15.9 Å². The molecular formula is C9H6BrN2. The Morgan fingerprint density at radius 2 is 2.42 bits per heavy atom. The molecule has 0 fully saturated rings. The van der Waals surface area contributed by atoms with Crippen molar-refractivity contribution in [1.82, 2.24) is 9.78 Å². The summed E-state index contributed by atoms with van der Waals surface area (Å²) in [5.74, 6) is 0. The highest BCUT2D eigenvalue weighted by molar-refractivity contribution is 9.10. The van der Waals surface area contributed by atoms with Crippen molar-refractivity contribution in [1.29, 1.82) is 0 Å². The summed E-state index contributed by atoms with van der Waals surface area (Å²) >= 11 is 3.44. The first-order valence-corrected chi connectivity index (χ1v) is 4.33. The molecule has 0 saturated carbocycles. The molecule has 1 radical (unpaired) electrons. The fraction of sp³-hybridized carbons (Fsp3) is 0. The zero-order valence-corrected chi connectivity index (χ0v) is 7.82. The number of rotatable bonds is 1. The third-order valence-electron chi connectivity index (χ3n) is 1.54. The molecule has 1 aromatic heterocycles. The number of nitrogens with zero attached hydrogens (tertiary/aromatic N) is 2. The molecule has 0 atom stereocenters. The van der Waals surface area contributed by atoms with Crippen molar-refractivity contribution < 1.29 is 0 Å². The van der Waals surface area contributed by atoms with E-state index in [1.807, 2.05) is 30.5 Å². The van der Waals surface area contributed by atoms with Crippen molar-refractivity contribution in [3.63, 3.8) is 0 Å². The van der Waals surface area contributed by atoms with Crippen LogP contribution in [-0.2, 0) is 0 Å². The van der Waals surface area contributed by atoms with E-state index in [0.717, 1.165) is 10.2 Å². The number of hydrogen-bond acceptors (Lipinski definition) is 1. The summed E-state index contributed by atoms with van der Waals surface area (Å²) in [6.07, 6.45) is 3.65. The molecule has 0 N–H and O–H groups in total. The maximum Gasteiger partial charge on any atom is 0.0793 e. The van der Waals surface area contributed by atoms with Gasteiger partial charge in [-0.05, 0) is 40.2 Å². The first-order chi connectivity index (χ1) is 5.88. The van der Waals surface area contributed by atoms with Gasteiger partial charge < -0.3 is 0 Å². The quantitative estimate of drug-likeness (QED) is 0.724. The highest BCUT2D eigenvalue weighted by Crippen LogP contribution is 2.18. The summed E-state index contributed by atoms with van der Waals surface area (Å²) < 4.78 is 2.81. The van der Waals surface area contributed by atoms with E-state index in [1.165, 1.54) is 0 Å². The van der Waals surface area contributed by atoms with Crippen LogP contribution < -0.4 is 0 Å². The summed E-state index contributed by atoms with van der Waals surface area (Å²) in [4.78, 5) is 0. The highest BCUT2D eigenvalue weighted by Gasteiger charge is 1.99. The van der Waals surface area contributed by atoms with Crippen molar-refractivity contribution in [2.24, 2.45) is 0 Å². The predicted molar refractivity (Wildman–Crippen MR) is 50.1 cm³/mol. The molecule has 0 aliphatic heterocycles. The van der Waals surface area contributed by atoms with Crippen LogP contribution in [0.4, 0.5) is 0 Å². The Balaban J connectivity index is 2.55. The maximum atomic E-state index is 4.11. The third-order valence-corrected chi connectivity index (χ3v) is 2.21. The minimum atomic E-state index is 1.00. The smallest absolute Gasteiger partial charge is 0.0793 e. The van der Waals surface area contributed by atoms with Gasteiger partial charge in [0.05, 0.1) is 5.69 Å². The molecular weight excluding hydrogens is 216 g/mol. The standard InChI is InChI=1S/C9H6BrN2/c10-8-4-1-2-5-9(8)12-7-3-6-11-12/h1,3-7H. The molecule has 1 aromatic carbocycles. The average molecular weight is 222 g/mol. The van der Waals surface area contributed by atoms with Gasteiger partial charge in [-0.2, -0.15) is 5.10 Å². The van der Waals surface area contributed by atoms with E-state index in [9.17, 15) is 0 Å². The number of hydrogen-bond donors (Lipinski definition) is 0. The Morgan fingerprint density at radius 3 is 3.08 bits per heavy atom. The zero-order chi connectivity index (χ0) is 8.39. The lowest BCUT2D eigenvalue weighted by atomic mass is 10.3. The number of halogens is 1. The van der Waals surface area contributed by atoms with Crippen LogP contribution in [0.3, 0.4) is 0 Å². The summed E-state index contributed by atoms with van der Waals surface area (Å²) in [5.41, 5.74) is 1.00. The molecule has 0 bridgehead atoms. The molecule has 1 heterocycles. The largest absolute Gasteiger partial charge is 0.240 e. The van der Waals surface area contributed by atoms with Crippen molar-refractivity contribution in [3.8, 4) is 5.69 Å². The second kappa shape index (κ2) is 3.11. The molecule has 0 aliphatic rings. The van der Waals surface area contributed by atoms with E-state index >= 15 is 0 Å². The SMILES string of the molecule is Brc1cc[c]cc1-n1cccn1. The minimum Gasteiger partial charge on any atom is -0.240 e. The predicted octanol–water partition coefficient (Wildman–Crippen LogP) is 2.43. The van der Waals surface area contributed by atoms with E-state index in [0.29, 0.717) is 0 Å². The summed E-state index contributed by atoms with van der Waals surface area (Å²) in [6, 6.07) is 10.6. The molecule has 0 spiro atoms. The molecule has 2 nitrogen and oxygen atoms in total. The molecule has 0 amide bonds. The van der Waals surface area contributed by atoms with Gasteiger partial charge in [-0.25, -0.2) is 4.68 Å². The van der Waals surface area contributed by atoms with Crippen LogP contribution in [0, 0.1) is 6.07 Å². The van der Waals surface area contributed by atoms with Gasteiger partial charge in [-0.1, -0.05) is 6.07 Å². The van der Waals surface area contributed by atoms with Gasteiger partial charge in [0, 0.05) is 16.9 Å². The van der Waals surface area contributed by atoms with Crippen LogP contribution in [0.2, 0.25) is 0 Å². The fourth-order valence-electron chi connectivity index (χ4n) is 0.990. The molecule has 0 unspecified atom stereocenters. The summed E-state index contributed by atoms with van der Waals surface area (Å²) in [5, 5.41) is 4.11. The fourth-order valence-corrected chi connectivity index (χ4v) is 1.42. The zero-order valence-electron chi connectivity index (χ0n) is 6.24. The second-order valence-electron chi connectivity index (χ2n) is 2.33. The lowest BCUT2D eigenvalue weighted by Gasteiger charge is -2.01. The monoisotopic (exact) mass is 221 g/mol. The van der Waals surface area contributed by atoms with E-state index in [1.54, 1.807) is 10.9 Å². The van der Waals surface area contributed by atoms with Crippen molar-refractivity contribution in [3.05, 3.63) is 47.2 Å². The maximum absolute atomic E-state index is 4.11. The lowest BCUT2D eigenvalue weighted by Crippen LogP contribution is -1.94. The summed E-state index contributed by atoms with van der Waals surface area (Å²) in [6.45, 7) is 0. The van der Waals surface area contributed by atoms with E-state index < -0.39 is 0 Å². The van der Waals surface area contributed by atoms with Crippen LogP contribution in [0.25, 0.3) is 5.69 Å². The van der Waals surface area contributed by atoms with E-state index in [2.05, 4.69) is 27.1 Å². The van der Waals surface area contributed by atoms with Crippen molar-refractivity contribution in [2.75, 3.05) is 0 Å². The topological polar surface area (TPSA) is 17.8 Å². The first kappa shape index (κ1) is 7.55. The van der Waals surface area contributed by atoms with Crippen molar-refractivity contribution in [2.45, 2.75) is 0 Å².